The van der Waals surface area contributed by atoms with Gasteiger partial charge in [-0.25, -0.2) is 4.39 Å². The Hall–Kier alpha value is -2.48. The summed E-state index contributed by atoms with van der Waals surface area (Å²) >= 11 is 0. The molecule has 0 fully saturated rings. The second kappa shape index (κ2) is 4.58. The minimum atomic E-state index is -0.344. The summed E-state index contributed by atoms with van der Waals surface area (Å²) in [7, 11) is 1.58. The van der Waals surface area contributed by atoms with Crippen molar-refractivity contribution in [1.29, 1.82) is 5.26 Å². The first-order chi connectivity index (χ1) is 8.22. The molecule has 0 N–H and O–H groups in total. The largest absolute Gasteiger partial charge is 0.265 e. The van der Waals surface area contributed by atoms with Gasteiger partial charge in [0, 0.05) is 12.6 Å². The SMILES string of the molecule is CN(C#N)c1ccc(-c2ccccc2F)nn1. The first-order valence-electron chi connectivity index (χ1n) is 4.94. The van der Waals surface area contributed by atoms with E-state index in [2.05, 4.69) is 10.2 Å². The van der Waals surface area contributed by atoms with Gasteiger partial charge in [0.05, 0.1) is 5.69 Å². The molecule has 0 aliphatic rings. The van der Waals surface area contributed by atoms with E-state index in [4.69, 9.17) is 5.26 Å². The molecule has 5 heteroatoms. The van der Waals surface area contributed by atoms with Crippen molar-refractivity contribution in [2.75, 3.05) is 11.9 Å². The Morgan fingerprint density at radius 2 is 1.94 bits per heavy atom. The number of benzene rings is 1. The van der Waals surface area contributed by atoms with E-state index in [9.17, 15) is 4.39 Å². The number of aromatic nitrogens is 2. The lowest BCUT2D eigenvalue weighted by molar-refractivity contribution is 0.630. The average Bonchev–Trinajstić information content (AvgIpc) is 2.39. The van der Waals surface area contributed by atoms with Gasteiger partial charge in [-0.2, -0.15) is 5.26 Å². The second-order valence-corrected chi connectivity index (χ2v) is 3.42. The van der Waals surface area contributed by atoms with Gasteiger partial charge in [0.2, 0.25) is 0 Å². The molecule has 17 heavy (non-hydrogen) atoms. The molecular formula is C12H9FN4. The van der Waals surface area contributed by atoms with Crippen molar-refractivity contribution < 1.29 is 4.39 Å². The number of nitriles is 1. The van der Waals surface area contributed by atoms with Crippen LogP contribution in [-0.2, 0) is 0 Å². The number of anilines is 1. The third kappa shape index (κ3) is 2.21. The van der Waals surface area contributed by atoms with Gasteiger partial charge in [-0.3, -0.25) is 4.90 Å². The molecule has 0 atom stereocenters. The minimum absolute atomic E-state index is 0.344. The Morgan fingerprint density at radius 1 is 1.18 bits per heavy atom. The monoisotopic (exact) mass is 228 g/mol. The molecule has 4 nitrogen and oxygen atoms in total. The van der Waals surface area contributed by atoms with Gasteiger partial charge in [0.15, 0.2) is 12.0 Å². The van der Waals surface area contributed by atoms with Gasteiger partial charge in [-0.1, -0.05) is 12.1 Å². The zero-order valence-corrected chi connectivity index (χ0v) is 9.13. The van der Waals surface area contributed by atoms with E-state index in [0.717, 1.165) is 0 Å². The van der Waals surface area contributed by atoms with E-state index in [1.807, 2.05) is 6.19 Å². The standard InChI is InChI=1S/C12H9FN4/c1-17(8-14)12-7-6-11(15-16-12)9-4-2-3-5-10(9)13/h2-7H,1H3. The van der Waals surface area contributed by atoms with Crippen LogP contribution in [0.2, 0.25) is 0 Å². The Morgan fingerprint density at radius 3 is 2.53 bits per heavy atom. The van der Waals surface area contributed by atoms with Crippen LogP contribution in [0.3, 0.4) is 0 Å². The fourth-order valence-electron chi connectivity index (χ4n) is 1.37. The van der Waals surface area contributed by atoms with E-state index >= 15 is 0 Å². The van der Waals surface area contributed by atoms with Crippen LogP contribution in [0.4, 0.5) is 10.2 Å². The highest BCUT2D eigenvalue weighted by Crippen LogP contribution is 2.20. The Balaban J connectivity index is 2.37. The van der Waals surface area contributed by atoms with E-state index in [0.29, 0.717) is 17.1 Å². The highest BCUT2D eigenvalue weighted by molar-refractivity contribution is 5.60. The molecule has 0 saturated carbocycles. The van der Waals surface area contributed by atoms with Crippen molar-refractivity contribution in [1.82, 2.24) is 10.2 Å². The summed E-state index contributed by atoms with van der Waals surface area (Å²) in [6.07, 6.45) is 1.91. The molecule has 84 valence electrons. The zero-order valence-electron chi connectivity index (χ0n) is 9.13. The Bertz CT molecular complexity index is 559. The highest BCUT2D eigenvalue weighted by Gasteiger charge is 2.07. The molecule has 0 saturated heterocycles. The molecule has 0 bridgehead atoms. The third-order valence-electron chi connectivity index (χ3n) is 2.29. The maximum absolute atomic E-state index is 13.5. The van der Waals surface area contributed by atoms with Crippen LogP contribution in [0.15, 0.2) is 36.4 Å². The van der Waals surface area contributed by atoms with Gasteiger partial charge in [0.25, 0.3) is 0 Å². The molecule has 1 aromatic heterocycles. The summed E-state index contributed by atoms with van der Waals surface area (Å²) in [5.41, 5.74) is 0.837. The lowest BCUT2D eigenvalue weighted by Gasteiger charge is -2.07. The van der Waals surface area contributed by atoms with Gasteiger partial charge in [0.1, 0.15) is 5.82 Å². The van der Waals surface area contributed by atoms with Crippen LogP contribution >= 0.6 is 0 Å². The van der Waals surface area contributed by atoms with E-state index in [1.165, 1.54) is 11.0 Å². The molecule has 2 aromatic rings. The molecular weight excluding hydrogens is 219 g/mol. The van der Waals surface area contributed by atoms with Gasteiger partial charge < -0.3 is 0 Å². The van der Waals surface area contributed by atoms with Gasteiger partial charge in [-0.15, -0.1) is 10.2 Å². The van der Waals surface area contributed by atoms with Gasteiger partial charge >= 0.3 is 0 Å². The fourth-order valence-corrected chi connectivity index (χ4v) is 1.37. The summed E-state index contributed by atoms with van der Waals surface area (Å²) < 4.78 is 13.5. The summed E-state index contributed by atoms with van der Waals surface area (Å²) in [5, 5.41) is 16.4. The summed E-state index contributed by atoms with van der Waals surface area (Å²) in [4.78, 5) is 1.28. The minimum Gasteiger partial charge on any atom is -0.265 e. The maximum Gasteiger partial charge on any atom is 0.185 e. The van der Waals surface area contributed by atoms with Crippen LogP contribution in [0.25, 0.3) is 11.3 Å². The van der Waals surface area contributed by atoms with Crippen molar-refractivity contribution in [3.63, 3.8) is 0 Å². The smallest absolute Gasteiger partial charge is 0.185 e. The molecule has 0 spiro atoms. The predicted molar refractivity (Wildman–Crippen MR) is 61.4 cm³/mol. The van der Waals surface area contributed by atoms with E-state index < -0.39 is 0 Å². The summed E-state index contributed by atoms with van der Waals surface area (Å²) in [5.74, 6) is 0.0794. The number of nitrogens with zero attached hydrogens (tertiary/aromatic N) is 4. The zero-order chi connectivity index (χ0) is 12.3. The second-order valence-electron chi connectivity index (χ2n) is 3.42. The highest BCUT2D eigenvalue weighted by atomic mass is 19.1. The third-order valence-corrected chi connectivity index (χ3v) is 2.29. The topological polar surface area (TPSA) is 52.8 Å². The number of halogens is 1. The lowest BCUT2D eigenvalue weighted by atomic mass is 10.1. The molecule has 0 radical (unpaired) electrons. The van der Waals surface area contributed by atoms with Crippen molar-refractivity contribution in [3.8, 4) is 17.5 Å². The lowest BCUT2D eigenvalue weighted by Crippen LogP contribution is -2.10. The van der Waals surface area contributed by atoms with Crippen LogP contribution < -0.4 is 4.90 Å². The molecule has 1 heterocycles. The number of hydrogen-bond acceptors (Lipinski definition) is 4. The summed E-state index contributed by atoms with van der Waals surface area (Å²) in [6.45, 7) is 0. The Labute approximate surface area is 97.9 Å². The molecule has 0 aliphatic heterocycles. The van der Waals surface area contributed by atoms with E-state index in [-0.39, 0.29) is 5.82 Å². The van der Waals surface area contributed by atoms with Crippen LogP contribution in [0, 0.1) is 17.3 Å². The predicted octanol–water partition coefficient (Wildman–Crippen LogP) is 2.20. The molecule has 0 aliphatic carbocycles. The van der Waals surface area contributed by atoms with Crippen molar-refractivity contribution >= 4 is 5.82 Å². The average molecular weight is 228 g/mol. The quantitative estimate of drug-likeness (QED) is 0.584. The Kier molecular flexibility index (Phi) is 2.97. The van der Waals surface area contributed by atoms with E-state index in [1.54, 1.807) is 37.4 Å². The van der Waals surface area contributed by atoms with Crippen LogP contribution in [-0.4, -0.2) is 17.2 Å². The number of hydrogen-bond donors (Lipinski definition) is 0. The fraction of sp³-hybridized carbons (Fsp3) is 0.0833. The normalized spacial score (nSPS) is 9.71. The molecule has 0 unspecified atom stereocenters. The molecule has 1 aromatic carbocycles. The summed E-state index contributed by atoms with van der Waals surface area (Å²) in [6, 6.07) is 9.60. The van der Waals surface area contributed by atoms with Crippen LogP contribution in [0.5, 0.6) is 0 Å². The molecule has 2 rings (SSSR count). The van der Waals surface area contributed by atoms with Crippen LogP contribution in [0.1, 0.15) is 0 Å². The first-order valence-corrected chi connectivity index (χ1v) is 4.94. The first kappa shape index (κ1) is 11.0. The van der Waals surface area contributed by atoms with Crippen molar-refractivity contribution in [2.45, 2.75) is 0 Å². The van der Waals surface area contributed by atoms with Gasteiger partial charge in [-0.05, 0) is 24.3 Å². The number of rotatable bonds is 2. The van der Waals surface area contributed by atoms with Crippen molar-refractivity contribution in [2.24, 2.45) is 0 Å². The van der Waals surface area contributed by atoms with Crippen molar-refractivity contribution in [3.05, 3.63) is 42.2 Å². The maximum atomic E-state index is 13.5. The molecule has 0 amide bonds.